The molecule has 22 heavy (non-hydrogen) atoms. The lowest BCUT2D eigenvalue weighted by molar-refractivity contribution is -0.133. The van der Waals surface area contributed by atoms with E-state index in [1.807, 2.05) is 24.0 Å². The summed E-state index contributed by atoms with van der Waals surface area (Å²) < 4.78 is 0.932. The minimum Gasteiger partial charge on any atom is -0.352 e. The molecule has 2 rings (SSSR count). The number of carbonyl (C=O) groups excluding carboxylic acids is 2. The molecule has 0 aromatic heterocycles. The summed E-state index contributed by atoms with van der Waals surface area (Å²) >= 11 is 3.33. The van der Waals surface area contributed by atoms with Crippen molar-refractivity contribution in [2.24, 2.45) is 0 Å². The first-order chi connectivity index (χ1) is 10.1. The van der Waals surface area contributed by atoms with Crippen LogP contribution in [0.2, 0.25) is 0 Å². The zero-order chi connectivity index (χ0) is 15.2. The van der Waals surface area contributed by atoms with Gasteiger partial charge in [0.15, 0.2) is 0 Å². The summed E-state index contributed by atoms with van der Waals surface area (Å²) in [5.41, 5.74) is 0.598. The third-order valence-electron chi connectivity index (χ3n) is 3.55. The fourth-order valence-corrected chi connectivity index (χ4v) is 2.61. The second kappa shape index (κ2) is 9.12. The first-order valence-corrected chi connectivity index (χ1v) is 7.91. The molecule has 1 aliphatic rings. The topological polar surface area (TPSA) is 61.4 Å². The van der Waals surface area contributed by atoms with Crippen LogP contribution in [-0.2, 0) is 4.79 Å². The van der Waals surface area contributed by atoms with Gasteiger partial charge in [-0.1, -0.05) is 15.9 Å². The highest BCUT2D eigenvalue weighted by molar-refractivity contribution is 9.10. The number of halogens is 2. The smallest absolute Gasteiger partial charge is 0.251 e. The lowest BCUT2D eigenvalue weighted by atomic mass is 10.2. The molecular formula is C15H21BrClN3O2. The molecule has 1 aliphatic heterocycles. The molecule has 1 aromatic carbocycles. The molecule has 0 spiro atoms. The van der Waals surface area contributed by atoms with E-state index >= 15 is 0 Å². The minimum atomic E-state index is -0.149. The highest BCUT2D eigenvalue weighted by Gasteiger charge is 2.22. The van der Waals surface area contributed by atoms with E-state index in [0.29, 0.717) is 18.5 Å². The Balaban J connectivity index is 0.00000242. The first-order valence-electron chi connectivity index (χ1n) is 7.12. The van der Waals surface area contributed by atoms with Gasteiger partial charge in [0.2, 0.25) is 5.91 Å². The molecule has 1 heterocycles. The number of benzene rings is 1. The summed E-state index contributed by atoms with van der Waals surface area (Å²) in [7, 11) is 0. The van der Waals surface area contributed by atoms with Crippen LogP contribution in [0.5, 0.6) is 0 Å². The van der Waals surface area contributed by atoms with Crippen molar-refractivity contribution in [2.45, 2.75) is 19.4 Å². The normalized spacial score (nSPS) is 17.5. The highest BCUT2D eigenvalue weighted by atomic mass is 79.9. The van der Waals surface area contributed by atoms with Crippen LogP contribution in [-0.4, -0.2) is 48.9 Å². The highest BCUT2D eigenvalue weighted by Crippen LogP contribution is 2.10. The monoisotopic (exact) mass is 389 g/mol. The third kappa shape index (κ3) is 5.26. The number of piperazine rings is 1. The number of amides is 2. The van der Waals surface area contributed by atoms with Crippen molar-refractivity contribution in [1.29, 1.82) is 0 Å². The predicted molar refractivity (Wildman–Crippen MR) is 92.4 cm³/mol. The summed E-state index contributed by atoms with van der Waals surface area (Å²) in [5.74, 6) is -0.0521. The van der Waals surface area contributed by atoms with Gasteiger partial charge in [0.1, 0.15) is 0 Å². The standard InChI is InChI=1S/C15H20BrN3O2.ClH/c1-11-10-17-8-9-19(11)14(20)6-7-18-15(21)12-2-4-13(16)5-3-12;/h2-5,11,17H,6-10H2,1H3,(H,18,21);1H/t11-;/m1./s1. The zero-order valence-corrected chi connectivity index (χ0v) is 14.9. The lowest BCUT2D eigenvalue weighted by Crippen LogP contribution is -2.52. The van der Waals surface area contributed by atoms with Gasteiger partial charge in [0.25, 0.3) is 5.91 Å². The van der Waals surface area contributed by atoms with E-state index < -0.39 is 0 Å². The number of nitrogens with zero attached hydrogens (tertiary/aromatic N) is 1. The number of carbonyl (C=O) groups is 2. The molecule has 1 fully saturated rings. The Labute approximate surface area is 145 Å². The Bertz CT molecular complexity index is 510. The van der Waals surface area contributed by atoms with E-state index in [1.54, 1.807) is 12.1 Å². The summed E-state index contributed by atoms with van der Waals surface area (Å²) in [6, 6.07) is 7.36. The zero-order valence-electron chi connectivity index (χ0n) is 12.5. The molecule has 7 heteroatoms. The molecule has 1 atom stereocenters. The SMILES string of the molecule is C[C@@H]1CNCCN1C(=O)CCNC(=O)c1ccc(Br)cc1.Cl. The maximum atomic E-state index is 12.1. The fraction of sp³-hybridized carbons (Fsp3) is 0.467. The van der Waals surface area contributed by atoms with E-state index in [2.05, 4.69) is 26.6 Å². The van der Waals surface area contributed by atoms with Gasteiger partial charge in [-0.25, -0.2) is 0 Å². The van der Waals surface area contributed by atoms with Crippen LogP contribution in [0.25, 0.3) is 0 Å². The van der Waals surface area contributed by atoms with Gasteiger partial charge < -0.3 is 15.5 Å². The van der Waals surface area contributed by atoms with Gasteiger partial charge in [-0.15, -0.1) is 12.4 Å². The van der Waals surface area contributed by atoms with Crippen molar-refractivity contribution in [3.05, 3.63) is 34.3 Å². The van der Waals surface area contributed by atoms with Crippen LogP contribution >= 0.6 is 28.3 Å². The van der Waals surface area contributed by atoms with Gasteiger partial charge in [-0.3, -0.25) is 9.59 Å². The second-order valence-corrected chi connectivity index (χ2v) is 6.07. The van der Waals surface area contributed by atoms with E-state index in [1.165, 1.54) is 0 Å². The maximum absolute atomic E-state index is 12.1. The van der Waals surface area contributed by atoms with Gasteiger partial charge in [0.05, 0.1) is 0 Å². The summed E-state index contributed by atoms with van der Waals surface area (Å²) in [4.78, 5) is 25.9. The molecule has 0 unspecified atom stereocenters. The molecule has 2 amide bonds. The van der Waals surface area contributed by atoms with Crippen LogP contribution < -0.4 is 10.6 Å². The van der Waals surface area contributed by atoms with Crippen molar-refractivity contribution >= 4 is 40.2 Å². The van der Waals surface area contributed by atoms with Gasteiger partial charge in [-0.2, -0.15) is 0 Å². The second-order valence-electron chi connectivity index (χ2n) is 5.15. The summed E-state index contributed by atoms with van der Waals surface area (Å²) in [6.45, 7) is 4.80. The summed E-state index contributed by atoms with van der Waals surface area (Å²) in [6.07, 6.45) is 0.340. The summed E-state index contributed by atoms with van der Waals surface area (Å²) in [5, 5.41) is 6.04. The molecule has 122 valence electrons. The van der Waals surface area contributed by atoms with E-state index in [9.17, 15) is 9.59 Å². The molecule has 0 radical (unpaired) electrons. The van der Waals surface area contributed by atoms with Crippen molar-refractivity contribution in [3.63, 3.8) is 0 Å². The van der Waals surface area contributed by atoms with E-state index in [-0.39, 0.29) is 30.3 Å². The molecule has 2 N–H and O–H groups in total. The van der Waals surface area contributed by atoms with Crippen LogP contribution in [0.1, 0.15) is 23.7 Å². The first kappa shape index (κ1) is 18.9. The number of hydrogen-bond donors (Lipinski definition) is 2. The van der Waals surface area contributed by atoms with Crippen LogP contribution in [0.15, 0.2) is 28.7 Å². The van der Waals surface area contributed by atoms with Crippen molar-refractivity contribution in [3.8, 4) is 0 Å². The average molecular weight is 391 g/mol. The van der Waals surface area contributed by atoms with Crippen molar-refractivity contribution in [1.82, 2.24) is 15.5 Å². The lowest BCUT2D eigenvalue weighted by Gasteiger charge is -2.34. The molecule has 0 aliphatic carbocycles. The molecule has 5 nitrogen and oxygen atoms in total. The van der Waals surface area contributed by atoms with Gasteiger partial charge in [-0.05, 0) is 31.2 Å². The van der Waals surface area contributed by atoms with E-state index in [0.717, 1.165) is 24.1 Å². The largest absolute Gasteiger partial charge is 0.352 e. The maximum Gasteiger partial charge on any atom is 0.251 e. The quantitative estimate of drug-likeness (QED) is 0.824. The Kier molecular flexibility index (Phi) is 7.85. The third-order valence-corrected chi connectivity index (χ3v) is 4.08. The van der Waals surface area contributed by atoms with Crippen LogP contribution in [0, 0.1) is 0 Å². The van der Waals surface area contributed by atoms with Crippen LogP contribution in [0.4, 0.5) is 0 Å². The van der Waals surface area contributed by atoms with Gasteiger partial charge >= 0.3 is 0 Å². The average Bonchev–Trinajstić information content (AvgIpc) is 2.48. The minimum absolute atomic E-state index is 0. The molecule has 1 aromatic rings. The Morgan fingerprint density at radius 1 is 1.36 bits per heavy atom. The molecule has 0 saturated carbocycles. The Morgan fingerprint density at radius 2 is 2.05 bits per heavy atom. The van der Waals surface area contributed by atoms with Crippen molar-refractivity contribution in [2.75, 3.05) is 26.2 Å². The number of hydrogen-bond acceptors (Lipinski definition) is 3. The molecule has 0 bridgehead atoms. The molecule has 1 saturated heterocycles. The van der Waals surface area contributed by atoms with Crippen molar-refractivity contribution < 1.29 is 9.59 Å². The van der Waals surface area contributed by atoms with Gasteiger partial charge in [0, 0.05) is 48.7 Å². The predicted octanol–water partition coefficient (Wildman–Crippen LogP) is 1.81. The fourth-order valence-electron chi connectivity index (χ4n) is 2.34. The Morgan fingerprint density at radius 3 is 2.68 bits per heavy atom. The van der Waals surface area contributed by atoms with Crippen LogP contribution in [0.3, 0.4) is 0 Å². The van der Waals surface area contributed by atoms with E-state index in [4.69, 9.17) is 0 Å². The Hall–Kier alpha value is -1.11. The number of rotatable bonds is 4. The number of nitrogens with one attached hydrogen (secondary N) is 2. The molecular weight excluding hydrogens is 370 g/mol.